The molecule has 0 aromatic heterocycles. The van der Waals surface area contributed by atoms with Gasteiger partial charge in [0.1, 0.15) is 5.75 Å². The molecular formula is C14H12O3. The van der Waals surface area contributed by atoms with Gasteiger partial charge < -0.3 is 14.6 Å². The predicted octanol–water partition coefficient (Wildman–Crippen LogP) is 2.71. The van der Waals surface area contributed by atoms with E-state index in [1.165, 1.54) is 0 Å². The van der Waals surface area contributed by atoms with Gasteiger partial charge in [0.05, 0.1) is 0 Å². The zero-order chi connectivity index (χ0) is 11.7. The third-order valence-corrected chi connectivity index (χ3v) is 2.81. The number of fused-ring (bicyclic) bond motifs is 1. The largest absolute Gasteiger partial charge is 0.508 e. The van der Waals surface area contributed by atoms with Crippen LogP contribution in [0.4, 0.5) is 0 Å². The summed E-state index contributed by atoms with van der Waals surface area (Å²) in [5.41, 5.74) is 2.00. The summed E-state index contributed by atoms with van der Waals surface area (Å²) in [4.78, 5) is 0. The second-order valence-corrected chi connectivity index (χ2v) is 4.00. The second kappa shape index (κ2) is 4.01. The van der Waals surface area contributed by atoms with Crippen molar-refractivity contribution >= 4 is 0 Å². The van der Waals surface area contributed by atoms with E-state index in [1.54, 1.807) is 6.07 Å². The molecule has 2 aromatic rings. The Morgan fingerprint density at radius 1 is 1.00 bits per heavy atom. The van der Waals surface area contributed by atoms with Crippen LogP contribution in [0.1, 0.15) is 11.1 Å². The summed E-state index contributed by atoms with van der Waals surface area (Å²) >= 11 is 0. The molecule has 0 bridgehead atoms. The van der Waals surface area contributed by atoms with Crippen LogP contribution >= 0.6 is 0 Å². The van der Waals surface area contributed by atoms with Crippen molar-refractivity contribution in [1.82, 2.24) is 0 Å². The smallest absolute Gasteiger partial charge is 0.231 e. The highest BCUT2D eigenvalue weighted by Crippen LogP contribution is 2.38. The summed E-state index contributed by atoms with van der Waals surface area (Å²) in [6, 6.07) is 13.5. The summed E-state index contributed by atoms with van der Waals surface area (Å²) in [6.07, 6.45) is 0.684. The van der Waals surface area contributed by atoms with Crippen LogP contribution < -0.4 is 9.47 Å². The molecule has 3 heteroatoms. The van der Waals surface area contributed by atoms with Gasteiger partial charge in [0.25, 0.3) is 0 Å². The molecule has 0 aliphatic carbocycles. The van der Waals surface area contributed by atoms with Crippen molar-refractivity contribution in [1.29, 1.82) is 0 Å². The fourth-order valence-corrected chi connectivity index (χ4v) is 1.93. The lowest BCUT2D eigenvalue weighted by Crippen LogP contribution is -1.93. The average Bonchev–Trinajstić information content (AvgIpc) is 2.78. The first-order chi connectivity index (χ1) is 8.33. The Kier molecular flexibility index (Phi) is 2.37. The van der Waals surface area contributed by atoms with E-state index in [0.717, 1.165) is 11.1 Å². The standard InChI is InChI=1S/C14H12O3/c15-12-8-14-13(16-9-17-14)7-11(12)6-10-4-2-1-3-5-10/h1-5,7-8,15H,6,9H2. The Morgan fingerprint density at radius 2 is 1.71 bits per heavy atom. The second-order valence-electron chi connectivity index (χ2n) is 4.00. The van der Waals surface area contributed by atoms with Gasteiger partial charge in [-0.25, -0.2) is 0 Å². The lowest BCUT2D eigenvalue weighted by molar-refractivity contribution is 0.174. The van der Waals surface area contributed by atoms with Crippen molar-refractivity contribution in [2.24, 2.45) is 0 Å². The van der Waals surface area contributed by atoms with Crippen molar-refractivity contribution in [2.45, 2.75) is 6.42 Å². The SMILES string of the molecule is Oc1cc2c(cc1Cc1ccccc1)OCO2. The van der Waals surface area contributed by atoms with Gasteiger partial charge in [-0.05, 0) is 11.6 Å². The van der Waals surface area contributed by atoms with Gasteiger partial charge in [-0.2, -0.15) is 0 Å². The zero-order valence-corrected chi connectivity index (χ0v) is 9.22. The number of ether oxygens (including phenoxy) is 2. The topological polar surface area (TPSA) is 38.7 Å². The van der Waals surface area contributed by atoms with E-state index in [-0.39, 0.29) is 12.5 Å². The molecule has 2 aromatic carbocycles. The van der Waals surface area contributed by atoms with E-state index in [4.69, 9.17) is 9.47 Å². The fourth-order valence-electron chi connectivity index (χ4n) is 1.93. The molecule has 1 aliphatic heterocycles. The summed E-state index contributed by atoms with van der Waals surface area (Å²) in [5.74, 6) is 1.56. The zero-order valence-electron chi connectivity index (χ0n) is 9.22. The molecule has 86 valence electrons. The van der Waals surface area contributed by atoms with Gasteiger partial charge in [0, 0.05) is 18.1 Å². The molecule has 1 N–H and O–H groups in total. The van der Waals surface area contributed by atoms with Crippen LogP contribution in [0, 0.1) is 0 Å². The van der Waals surface area contributed by atoms with Crippen molar-refractivity contribution < 1.29 is 14.6 Å². The lowest BCUT2D eigenvalue weighted by atomic mass is 10.0. The van der Waals surface area contributed by atoms with E-state index in [1.807, 2.05) is 36.4 Å². The third-order valence-electron chi connectivity index (χ3n) is 2.81. The third kappa shape index (κ3) is 1.91. The van der Waals surface area contributed by atoms with Gasteiger partial charge in [-0.1, -0.05) is 30.3 Å². The molecule has 0 spiro atoms. The molecule has 0 amide bonds. The number of benzene rings is 2. The van der Waals surface area contributed by atoms with Crippen molar-refractivity contribution in [3.05, 3.63) is 53.6 Å². The summed E-state index contributed by atoms with van der Waals surface area (Å²) in [6.45, 7) is 0.226. The van der Waals surface area contributed by atoms with Crippen LogP contribution in [-0.2, 0) is 6.42 Å². The quantitative estimate of drug-likeness (QED) is 0.858. The monoisotopic (exact) mass is 228 g/mol. The molecule has 1 heterocycles. The molecule has 17 heavy (non-hydrogen) atoms. The maximum atomic E-state index is 9.90. The highest BCUT2D eigenvalue weighted by molar-refractivity contribution is 5.52. The van der Waals surface area contributed by atoms with Crippen LogP contribution in [0.15, 0.2) is 42.5 Å². The minimum Gasteiger partial charge on any atom is -0.508 e. The molecule has 0 saturated heterocycles. The van der Waals surface area contributed by atoms with Crippen LogP contribution in [0.3, 0.4) is 0 Å². The predicted molar refractivity (Wildman–Crippen MR) is 63.5 cm³/mol. The molecule has 0 unspecified atom stereocenters. The van der Waals surface area contributed by atoms with Gasteiger partial charge in [0.2, 0.25) is 6.79 Å². The molecular weight excluding hydrogens is 216 g/mol. The van der Waals surface area contributed by atoms with Gasteiger partial charge >= 0.3 is 0 Å². The number of phenolic OH excluding ortho intramolecular Hbond substituents is 1. The van der Waals surface area contributed by atoms with Crippen molar-refractivity contribution in [3.63, 3.8) is 0 Å². The van der Waals surface area contributed by atoms with E-state index < -0.39 is 0 Å². The van der Waals surface area contributed by atoms with Crippen LogP contribution in [0.5, 0.6) is 17.2 Å². The molecule has 0 saturated carbocycles. The average molecular weight is 228 g/mol. The van der Waals surface area contributed by atoms with Gasteiger partial charge in [-0.15, -0.1) is 0 Å². The lowest BCUT2D eigenvalue weighted by Gasteiger charge is -2.06. The fraction of sp³-hybridized carbons (Fsp3) is 0.143. The Balaban J connectivity index is 1.93. The number of phenols is 1. The first-order valence-electron chi connectivity index (χ1n) is 5.48. The summed E-state index contributed by atoms with van der Waals surface area (Å²) in [7, 11) is 0. The molecule has 0 atom stereocenters. The first-order valence-corrected chi connectivity index (χ1v) is 5.48. The minimum absolute atomic E-state index is 0.226. The Hall–Kier alpha value is -2.16. The maximum absolute atomic E-state index is 9.90. The van der Waals surface area contributed by atoms with E-state index in [2.05, 4.69) is 0 Å². The maximum Gasteiger partial charge on any atom is 0.231 e. The first kappa shape index (κ1) is 10.0. The molecule has 1 aliphatic rings. The van der Waals surface area contributed by atoms with Crippen molar-refractivity contribution in [2.75, 3.05) is 6.79 Å². The Bertz CT molecular complexity index is 535. The van der Waals surface area contributed by atoms with Crippen LogP contribution in [0.2, 0.25) is 0 Å². The van der Waals surface area contributed by atoms with E-state index in [9.17, 15) is 5.11 Å². The van der Waals surface area contributed by atoms with Gasteiger partial charge in [0.15, 0.2) is 11.5 Å². The Morgan fingerprint density at radius 3 is 2.47 bits per heavy atom. The highest BCUT2D eigenvalue weighted by atomic mass is 16.7. The number of rotatable bonds is 2. The van der Waals surface area contributed by atoms with Gasteiger partial charge in [-0.3, -0.25) is 0 Å². The number of hydrogen-bond donors (Lipinski definition) is 1. The highest BCUT2D eigenvalue weighted by Gasteiger charge is 2.16. The van der Waals surface area contributed by atoms with Crippen LogP contribution in [0.25, 0.3) is 0 Å². The van der Waals surface area contributed by atoms with Crippen LogP contribution in [-0.4, -0.2) is 11.9 Å². The number of aromatic hydroxyl groups is 1. The summed E-state index contributed by atoms with van der Waals surface area (Å²) in [5, 5.41) is 9.90. The van der Waals surface area contributed by atoms with E-state index in [0.29, 0.717) is 17.9 Å². The van der Waals surface area contributed by atoms with E-state index >= 15 is 0 Å². The molecule has 0 fully saturated rings. The molecule has 3 rings (SSSR count). The normalized spacial score (nSPS) is 12.7. The Labute approximate surface area is 99.2 Å². The molecule has 3 nitrogen and oxygen atoms in total. The summed E-state index contributed by atoms with van der Waals surface area (Å²) < 4.78 is 10.5. The van der Waals surface area contributed by atoms with Crippen molar-refractivity contribution in [3.8, 4) is 17.2 Å². The minimum atomic E-state index is 0.226. The number of hydrogen-bond acceptors (Lipinski definition) is 3. The molecule has 0 radical (unpaired) electrons.